The summed E-state index contributed by atoms with van der Waals surface area (Å²) < 4.78 is 15.4. The number of aryl methyl sites for hydroxylation is 1. The summed E-state index contributed by atoms with van der Waals surface area (Å²) in [5, 5.41) is 9.23. The SMILES string of the molecule is Cc1cccc2ncc(C(CC(=O)O)c3cccc(F)c3)n12. The van der Waals surface area contributed by atoms with Gasteiger partial charge in [-0.2, -0.15) is 0 Å². The molecule has 2 heterocycles. The molecule has 112 valence electrons. The van der Waals surface area contributed by atoms with Crippen molar-refractivity contribution in [2.24, 2.45) is 0 Å². The number of carboxylic acids is 1. The molecule has 1 atom stereocenters. The van der Waals surface area contributed by atoms with Crippen LogP contribution in [0.3, 0.4) is 0 Å². The van der Waals surface area contributed by atoms with Crippen molar-refractivity contribution in [3.63, 3.8) is 0 Å². The predicted molar refractivity (Wildman–Crippen MR) is 80.4 cm³/mol. The predicted octanol–water partition coefficient (Wildman–Crippen LogP) is 3.39. The maximum atomic E-state index is 13.5. The molecule has 3 rings (SSSR count). The Morgan fingerprint density at radius 3 is 2.82 bits per heavy atom. The minimum absolute atomic E-state index is 0.119. The van der Waals surface area contributed by atoms with Crippen molar-refractivity contribution in [3.8, 4) is 0 Å². The van der Waals surface area contributed by atoms with E-state index in [2.05, 4.69) is 4.98 Å². The van der Waals surface area contributed by atoms with E-state index in [-0.39, 0.29) is 12.2 Å². The lowest BCUT2D eigenvalue weighted by Gasteiger charge is -2.16. The summed E-state index contributed by atoms with van der Waals surface area (Å²) in [6.07, 6.45) is 1.55. The number of carboxylic acid groups (broad SMARTS) is 1. The van der Waals surface area contributed by atoms with E-state index >= 15 is 0 Å². The van der Waals surface area contributed by atoms with E-state index in [0.717, 1.165) is 17.0 Å². The first kappa shape index (κ1) is 14.3. The normalized spacial score (nSPS) is 12.5. The van der Waals surface area contributed by atoms with E-state index in [1.54, 1.807) is 18.3 Å². The Morgan fingerprint density at radius 1 is 1.32 bits per heavy atom. The van der Waals surface area contributed by atoms with E-state index in [1.165, 1.54) is 12.1 Å². The van der Waals surface area contributed by atoms with Gasteiger partial charge in [0.05, 0.1) is 12.1 Å². The maximum absolute atomic E-state index is 13.5. The minimum Gasteiger partial charge on any atom is -0.481 e. The molecule has 1 aromatic carbocycles. The Balaban J connectivity index is 2.18. The highest BCUT2D eigenvalue weighted by Gasteiger charge is 2.22. The first-order valence-electron chi connectivity index (χ1n) is 6.96. The lowest BCUT2D eigenvalue weighted by atomic mass is 9.92. The lowest BCUT2D eigenvalue weighted by Crippen LogP contribution is -2.11. The van der Waals surface area contributed by atoms with Gasteiger partial charge in [0.2, 0.25) is 0 Å². The van der Waals surface area contributed by atoms with E-state index in [9.17, 15) is 14.3 Å². The van der Waals surface area contributed by atoms with Crippen LogP contribution in [0.4, 0.5) is 4.39 Å². The number of halogens is 1. The van der Waals surface area contributed by atoms with Gasteiger partial charge in [-0.25, -0.2) is 9.37 Å². The molecule has 1 N–H and O–H groups in total. The van der Waals surface area contributed by atoms with Crippen LogP contribution in [0, 0.1) is 12.7 Å². The van der Waals surface area contributed by atoms with Crippen LogP contribution in [0.15, 0.2) is 48.7 Å². The molecule has 4 nitrogen and oxygen atoms in total. The Morgan fingerprint density at radius 2 is 2.09 bits per heavy atom. The number of hydrogen-bond donors (Lipinski definition) is 1. The van der Waals surface area contributed by atoms with E-state index in [1.807, 2.05) is 29.5 Å². The molecule has 0 saturated heterocycles. The van der Waals surface area contributed by atoms with Crippen molar-refractivity contribution < 1.29 is 14.3 Å². The summed E-state index contributed by atoms with van der Waals surface area (Å²) in [6.45, 7) is 1.93. The number of nitrogens with zero attached hydrogens (tertiary/aromatic N) is 2. The van der Waals surface area contributed by atoms with Crippen LogP contribution in [-0.2, 0) is 4.79 Å². The average Bonchev–Trinajstić information content (AvgIpc) is 2.90. The summed E-state index contributed by atoms with van der Waals surface area (Å²) in [5.74, 6) is -1.76. The molecule has 0 aliphatic heterocycles. The molecule has 22 heavy (non-hydrogen) atoms. The number of carbonyl (C=O) groups is 1. The van der Waals surface area contributed by atoms with E-state index in [4.69, 9.17) is 0 Å². The zero-order chi connectivity index (χ0) is 15.7. The van der Waals surface area contributed by atoms with Gasteiger partial charge in [0.25, 0.3) is 0 Å². The second kappa shape index (κ2) is 5.60. The second-order valence-corrected chi connectivity index (χ2v) is 5.25. The number of rotatable bonds is 4. The van der Waals surface area contributed by atoms with Crippen molar-refractivity contribution in [1.82, 2.24) is 9.38 Å². The van der Waals surface area contributed by atoms with Crippen molar-refractivity contribution in [2.45, 2.75) is 19.3 Å². The standard InChI is InChI=1S/C17H15FN2O2/c1-11-4-2-7-16-19-10-15(20(11)16)14(9-17(21)22)12-5-3-6-13(18)8-12/h2-8,10,14H,9H2,1H3,(H,21,22). The van der Waals surface area contributed by atoms with E-state index < -0.39 is 11.9 Å². The molecular formula is C17H15FN2O2. The highest BCUT2D eigenvalue weighted by Crippen LogP contribution is 2.29. The third-order valence-corrected chi connectivity index (χ3v) is 3.74. The van der Waals surface area contributed by atoms with E-state index in [0.29, 0.717) is 5.56 Å². The van der Waals surface area contributed by atoms with Crippen LogP contribution in [0.2, 0.25) is 0 Å². The summed E-state index contributed by atoms with van der Waals surface area (Å²) in [4.78, 5) is 15.6. The number of aliphatic carboxylic acids is 1. The third-order valence-electron chi connectivity index (χ3n) is 3.74. The van der Waals surface area contributed by atoms with Crippen LogP contribution >= 0.6 is 0 Å². The molecule has 0 radical (unpaired) electrons. The first-order valence-corrected chi connectivity index (χ1v) is 6.96. The molecule has 3 aromatic rings. The fourth-order valence-electron chi connectivity index (χ4n) is 2.77. The lowest BCUT2D eigenvalue weighted by molar-refractivity contribution is -0.137. The van der Waals surface area contributed by atoms with Crippen LogP contribution in [0.25, 0.3) is 5.65 Å². The molecule has 1 unspecified atom stereocenters. The average molecular weight is 298 g/mol. The van der Waals surface area contributed by atoms with Crippen LogP contribution in [0.5, 0.6) is 0 Å². The summed E-state index contributed by atoms with van der Waals surface area (Å²) in [7, 11) is 0. The molecule has 0 bridgehead atoms. The molecule has 0 aliphatic carbocycles. The molecule has 0 amide bonds. The van der Waals surface area contributed by atoms with Crippen LogP contribution < -0.4 is 0 Å². The Kier molecular flexibility index (Phi) is 3.63. The highest BCUT2D eigenvalue weighted by molar-refractivity contribution is 5.69. The summed E-state index contributed by atoms with van der Waals surface area (Å²) in [5.41, 5.74) is 3.09. The Labute approximate surface area is 126 Å². The molecular weight excluding hydrogens is 283 g/mol. The largest absolute Gasteiger partial charge is 0.481 e. The number of benzene rings is 1. The third kappa shape index (κ3) is 2.57. The number of aromatic nitrogens is 2. The molecule has 0 saturated carbocycles. The molecule has 0 aliphatic rings. The number of fused-ring (bicyclic) bond motifs is 1. The first-order chi connectivity index (χ1) is 10.6. The van der Waals surface area contributed by atoms with Gasteiger partial charge in [-0.05, 0) is 36.8 Å². The van der Waals surface area contributed by atoms with Crippen molar-refractivity contribution >= 4 is 11.6 Å². The Bertz CT molecular complexity index is 842. The van der Waals surface area contributed by atoms with Crippen molar-refractivity contribution in [1.29, 1.82) is 0 Å². The maximum Gasteiger partial charge on any atom is 0.304 e. The molecule has 2 aromatic heterocycles. The molecule has 0 spiro atoms. The monoisotopic (exact) mass is 298 g/mol. The van der Waals surface area contributed by atoms with Gasteiger partial charge in [0.15, 0.2) is 0 Å². The topological polar surface area (TPSA) is 54.6 Å². The number of imidazole rings is 1. The molecule has 5 heteroatoms. The minimum atomic E-state index is -0.933. The van der Waals surface area contributed by atoms with Crippen molar-refractivity contribution in [2.75, 3.05) is 0 Å². The quantitative estimate of drug-likeness (QED) is 0.803. The van der Waals surface area contributed by atoms with Gasteiger partial charge < -0.3 is 9.51 Å². The fraction of sp³-hybridized carbons (Fsp3) is 0.176. The van der Waals surface area contributed by atoms with Gasteiger partial charge >= 0.3 is 5.97 Å². The molecule has 0 fully saturated rings. The van der Waals surface area contributed by atoms with Crippen LogP contribution in [0.1, 0.15) is 29.3 Å². The number of hydrogen-bond acceptors (Lipinski definition) is 2. The number of pyridine rings is 1. The van der Waals surface area contributed by atoms with Gasteiger partial charge in [0, 0.05) is 17.8 Å². The smallest absolute Gasteiger partial charge is 0.304 e. The van der Waals surface area contributed by atoms with Gasteiger partial charge in [-0.1, -0.05) is 18.2 Å². The second-order valence-electron chi connectivity index (χ2n) is 5.25. The zero-order valence-corrected chi connectivity index (χ0v) is 12.0. The fourth-order valence-corrected chi connectivity index (χ4v) is 2.77. The van der Waals surface area contributed by atoms with Gasteiger partial charge in [-0.3, -0.25) is 4.79 Å². The summed E-state index contributed by atoms with van der Waals surface area (Å²) >= 11 is 0. The highest BCUT2D eigenvalue weighted by atomic mass is 19.1. The van der Waals surface area contributed by atoms with Crippen molar-refractivity contribution in [3.05, 3.63) is 71.4 Å². The Hall–Kier alpha value is -2.69. The van der Waals surface area contributed by atoms with Crippen LogP contribution in [-0.4, -0.2) is 20.5 Å². The van der Waals surface area contributed by atoms with Gasteiger partial charge in [-0.15, -0.1) is 0 Å². The zero-order valence-electron chi connectivity index (χ0n) is 12.0. The summed E-state index contributed by atoms with van der Waals surface area (Å²) in [6, 6.07) is 11.8. The van der Waals surface area contributed by atoms with Gasteiger partial charge in [0.1, 0.15) is 11.5 Å².